The topological polar surface area (TPSA) is 34.1 Å². The highest BCUT2D eigenvalue weighted by Crippen LogP contribution is 2.18. The van der Waals surface area contributed by atoms with E-state index in [1.165, 1.54) is 5.56 Å². The number of pyridine rings is 1. The van der Waals surface area contributed by atoms with Gasteiger partial charge in [0, 0.05) is 6.04 Å². The third-order valence-electron chi connectivity index (χ3n) is 3.48. The van der Waals surface area contributed by atoms with Gasteiger partial charge in [0.05, 0.1) is 18.5 Å². The molecule has 4 heteroatoms. The van der Waals surface area contributed by atoms with Crippen molar-refractivity contribution in [1.29, 1.82) is 0 Å². The number of nitrogens with one attached hydrogen (secondary N) is 1. The van der Waals surface area contributed by atoms with Gasteiger partial charge in [-0.05, 0) is 56.5 Å². The zero-order valence-electron chi connectivity index (χ0n) is 12.7. The van der Waals surface area contributed by atoms with Crippen molar-refractivity contribution in [1.82, 2.24) is 4.98 Å². The maximum atomic E-state index is 5.87. The van der Waals surface area contributed by atoms with Crippen LogP contribution in [0.2, 0.25) is 5.15 Å². The van der Waals surface area contributed by atoms with Crippen LogP contribution in [0.25, 0.3) is 0 Å². The summed E-state index contributed by atoms with van der Waals surface area (Å²) in [5.41, 5.74) is 3.29. The first-order valence-corrected chi connectivity index (χ1v) is 7.49. The van der Waals surface area contributed by atoms with Gasteiger partial charge >= 0.3 is 0 Å². The van der Waals surface area contributed by atoms with E-state index in [4.69, 9.17) is 16.3 Å². The SMILES string of the molecule is COc1ccc(CCC(C)Nc2ccc(Cl)nc2C)cc1. The number of benzene rings is 1. The first-order valence-electron chi connectivity index (χ1n) is 7.11. The average Bonchev–Trinajstić information content (AvgIpc) is 2.48. The van der Waals surface area contributed by atoms with Gasteiger partial charge in [-0.25, -0.2) is 4.98 Å². The lowest BCUT2D eigenvalue weighted by molar-refractivity contribution is 0.414. The maximum Gasteiger partial charge on any atom is 0.129 e. The lowest BCUT2D eigenvalue weighted by atomic mass is 10.1. The molecule has 1 heterocycles. The molecule has 0 aliphatic heterocycles. The number of ether oxygens (including phenoxy) is 1. The van der Waals surface area contributed by atoms with E-state index in [0.29, 0.717) is 11.2 Å². The minimum Gasteiger partial charge on any atom is -0.497 e. The van der Waals surface area contributed by atoms with Crippen molar-refractivity contribution in [2.24, 2.45) is 0 Å². The zero-order valence-corrected chi connectivity index (χ0v) is 13.4. The Kier molecular flexibility index (Phi) is 5.45. The third-order valence-corrected chi connectivity index (χ3v) is 3.69. The predicted octanol–water partition coefficient (Wildman–Crippen LogP) is 4.49. The molecule has 2 rings (SSSR count). The Morgan fingerprint density at radius 2 is 1.90 bits per heavy atom. The molecule has 112 valence electrons. The van der Waals surface area contributed by atoms with E-state index in [1.54, 1.807) is 7.11 Å². The summed E-state index contributed by atoms with van der Waals surface area (Å²) in [4.78, 5) is 4.25. The van der Waals surface area contributed by atoms with Gasteiger partial charge in [-0.15, -0.1) is 0 Å². The monoisotopic (exact) mass is 304 g/mol. The number of hydrogen-bond acceptors (Lipinski definition) is 3. The van der Waals surface area contributed by atoms with Crippen LogP contribution >= 0.6 is 11.6 Å². The predicted molar refractivity (Wildman–Crippen MR) is 88.4 cm³/mol. The smallest absolute Gasteiger partial charge is 0.129 e. The molecule has 0 radical (unpaired) electrons. The normalized spacial score (nSPS) is 12.0. The van der Waals surface area contributed by atoms with Crippen molar-refractivity contribution >= 4 is 17.3 Å². The highest BCUT2D eigenvalue weighted by Gasteiger charge is 2.06. The highest BCUT2D eigenvalue weighted by molar-refractivity contribution is 6.29. The summed E-state index contributed by atoms with van der Waals surface area (Å²) in [7, 11) is 1.68. The van der Waals surface area contributed by atoms with E-state index >= 15 is 0 Å². The fourth-order valence-corrected chi connectivity index (χ4v) is 2.39. The number of methoxy groups -OCH3 is 1. The average molecular weight is 305 g/mol. The van der Waals surface area contributed by atoms with Crippen LogP contribution in [0.15, 0.2) is 36.4 Å². The molecule has 1 atom stereocenters. The first kappa shape index (κ1) is 15.6. The standard InChI is InChI=1S/C17H21ClN2O/c1-12(19-16-10-11-17(18)20-13(16)2)4-5-14-6-8-15(21-3)9-7-14/h6-12,19H,4-5H2,1-3H3. The fourth-order valence-electron chi connectivity index (χ4n) is 2.20. The van der Waals surface area contributed by atoms with Crippen LogP contribution < -0.4 is 10.1 Å². The Morgan fingerprint density at radius 3 is 2.52 bits per heavy atom. The molecule has 0 spiro atoms. The number of aromatic nitrogens is 1. The summed E-state index contributed by atoms with van der Waals surface area (Å²) in [5.74, 6) is 0.896. The van der Waals surface area contributed by atoms with E-state index in [-0.39, 0.29) is 0 Å². The molecule has 0 bridgehead atoms. The number of anilines is 1. The van der Waals surface area contributed by atoms with Crippen LogP contribution in [0.1, 0.15) is 24.6 Å². The molecule has 1 unspecified atom stereocenters. The molecule has 1 aromatic heterocycles. The lowest BCUT2D eigenvalue weighted by Gasteiger charge is -2.16. The van der Waals surface area contributed by atoms with Crippen molar-refractivity contribution < 1.29 is 4.74 Å². The fraction of sp³-hybridized carbons (Fsp3) is 0.353. The quantitative estimate of drug-likeness (QED) is 0.799. The minimum atomic E-state index is 0.369. The van der Waals surface area contributed by atoms with E-state index in [0.717, 1.165) is 30.0 Å². The van der Waals surface area contributed by atoms with Crippen LogP contribution in [0.3, 0.4) is 0 Å². The van der Waals surface area contributed by atoms with Gasteiger partial charge < -0.3 is 10.1 Å². The largest absolute Gasteiger partial charge is 0.497 e. The molecular weight excluding hydrogens is 284 g/mol. The van der Waals surface area contributed by atoms with Crippen molar-refractivity contribution in [3.63, 3.8) is 0 Å². The molecule has 0 aliphatic rings. The van der Waals surface area contributed by atoms with Gasteiger partial charge in [0.15, 0.2) is 0 Å². The number of rotatable bonds is 6. The Labute approximate surface area is 131 Å². The van der Waals surface area contributed by atoms with Gasteiger partial charge in [-0.3, -0.25) is 0 Å². The summed E-state index contributed by atoms with van der Waals surface area (Å²) in [5, 5.41) is 4.02. The summed E-state index contributed by atoms with van der Waals surface area (Å²) in [6, 6.07) is 12.4. The number of aryl methyl sites for hydroxylation is 2. The molecule has 0 amide bonds. The molecule has 0 aliphatic carbocycles. The molecule has 0 saturated carbocycles. The van der Waals surface area contributed by atoms with Crippen LogP contribution in [0.5, 0.6) is 5.75 Å². The Morgan fingerprint density at radius 1 is 1.19 bits per heavy atom. The molecule has 0 saturated heterocycles. The van der Waals surface area contributed by atoms with Crippen molar-refractivity contribution in [2.45, 2.75) is 32.7 Å². The lowest BCUT2D eigenvalue weighted by Crippen LogP contribution is -2.17. The number of hydrogen-bond donors (Lipinski definition) is 1. The molecular formula is C17H21ClN2O. The Balaban J connectivity index is 1.87. The number of halogens is 1. The van der Waals surface area contributed by atoms with Crippen molar-refractivity contribution in [3.8, 4) is 5.75 Å². The second-order valence-corrected chi connectivity index (χ2v) is 5.59. The Hall–Kier alpha value is -1.74. The maximum absolute atomic E-state index is 5.87. The van der Waals surface area contributed by atoms with Gasteiger partial charge in [-0.2, -0.15) is 0 Å². The van der Waals surface area contributed by atoms with Gasteiger partial charge in [0.25, 0.3) is 0 Å². The summed E-state index contributed by atoms with van der Waals surface area (Å²) in [6.07, 6.45) is 2.08. The summed E-state index contributed by atoms with van der Waals surface area (Å²) >= 11 is 5.87. The molecule has 2 aromatic rings. The third kappa shape index (κ3) is 4.64. The van der Waals surface area contributed by atoms with Gasteiger partial charge in [0.2, 0.25) is 0 Å². The van der Waals surface area contributed by atoms with Crippen LogP contribution in [0, 0.1) is 6.92 Å². The van der Waals surface area contributed by atoms with Gasteiger partial charge in [-0.1, -0.05) is 23.7 Å². The van der Waals surface area contributed by atoms with E-state index in [9.17, 15) is 0 Å². The second kappa shape index (κ2) is 7.32. The second-order valence-electron chi connectivity index (χ2n) is 5.20. The summed E-state index contributed by atoms with van der Waals surface area (Å²) < 4.78 is 5.17. The van der Waals surface area contributed by atoms with Crippen LogP contribution in [-0.2, 0) is 6.42 Å². The van der Waals surface area contributed by atoms with Crippen molar-refractivity contribution in [2.75, 3.05) is 12.4 Å². The van der Waals surface area contributed by atoms with Crippen molar-refractivity contribution in [3.05, 3.63) is 52.8 Å². The first-order chi connectivity index (χ1) is 10.1. The molecule has 0 fully saturated rings. The number of nitrogens with zero attached hydrogens (tertiary/aromatic N) is 1. The zero-order chi connectivity index (χ0) is 15.2. The van der Waals surface area contributed by atoms with E-state index < -0.39 is 0 Å². The molecule has 3 nitrogen and oxygen atoms in total. The van der Waals surface area contributed by atoms with E-state index in [1.807, 2.05) is 31.2 Å². The molecule has 1 aromatic carbocycles. The Bertz CT molecular complexity index is 584. The molecule has 21 heavy (non-hydrogen) atoms. The highest BCUT2D eigenvalue weighted by atomic mass is 35.5. The van der Waals surface area contributed by atoms with Gasteiger partial charge in [0.1, 0.15) is 10.9 Å². The molecule has 1 N–H and O–H groups in total. The van der Waals surface area contributed by atoms with Crippen LogP contribution in [-0.4, -0.2) is 18.1 Å². The van der Waals surface area contributed by atoms with E-state index in [2.05, 4.69) is 29.4 Å². The minimum absolute atomic E-state index is 0.369. The summed E-state index contributed by atoms with van der Waals surface area (Å²) in [6.45, 7) is 4.14. The van der Waals surface area contributed by atoms with Crippen LogP contribution in [0.4, 0.5) is 5.69 Å².